The molecule has 1 N–H and O–H groups in total. The van der Waals surface area contributed by atoms with Gasteiger partial charge in [0, 0.05) is 12.2 Å². The number of hydrogen-bond donors (Lipinski definition) is 1. The molecule has 0 radical (unpaired) electrons. The summed E-state index contributed by atoms with van der Waals surface area (Å²) in [4.78, 5) is 32.5. The Labute approximate surface area is 187 Å². The number of hydrogen-bond acceptors (Lipinski definition) is 6. The standard InChI is InChI=1S/C24H29N3O3S/c1-14(2)30-23(29)21-16(4)26-24-27(22(21)19-8-6-5-7-15(19)3)18(13-31-24)11-20(28)25-12-17-9-10-17/h5-8,13-14,17,22H,9-12H2,1-4H3,(H,25,28)/t22-/m1/s1. The minimum Gasteiger partial charge on any atom is -0.459 e. The Bertz CT molecular complexity index is 992. The van der Waals surface area contributed by atoms with Gasteiger partial charge in [-0.3, -0.25) is 4.79 Å². The first-order chi connectivity index (χ1) is 14.8. The molecule has 4 rings (SSSR count). The van der Waals surface area contributed by atoms with Crippen LogP contribution in [-0.4, -0.2) is 34.6 Å². The minimum absolute atomic E-state index is 0.00103. The van der Waals surface area contributed by atoms with Crippen LogP contribution in [0.4, 0.5) is 0 Å². The van der Waals surface area contributed by atoms with Crippen LogP contribution in [0.25, 0.3) is 0 Å². The van der Waals surface area contributed by atoms with Gasteiger partial charge in [-0.05, 0) is 63.0 Å². The second-order valence-corrected chi connectivity index (χ2v) is 9.46. The summed E-state index contributed by atoms with van der Waals surface area (Å²) < 4.78 is 5.59. The van der Waals surface area contributed by atoms with Crippen molar-refractivity contribution in [2.45, 2.75) is 59.1 Å². The third kappa shape index (κ3) is 4.71. The number of carbonyl (C=O) groups excluding carboxylic acids is 2. The second-order valence-electron chi connectivity index (χ2n) is 8.63. The molecule has 1 saturated carbocycles. The number of esters is 1. The fourth-order valence-electron chi connectivity index (χ4n) is 3.90. The highest BCUT2D eigenvalue weighted by molar-refractivity contribution is 8.16. The lowest BCUT2D eigenvalue weighted by Gasteiger charge is -2.37. The van der Waals surface area contributed by atoms with Crippen LogP contribution in [0.15, 0.2) is 51.6 Å². The van der Waals surface area contributed by atoms with Crippen molar-refractivity contribution < 1.29 is 14.3 Å². The Morgan fingerprint density at radius 3 is 2.68 bits per heavy atom. The van der Waals surface area contributed by atoms with Crippen molar-refractivity contribution in [1.29, 1.82) is 0 Å². The van der Waals surface area contributed by atoms with Gasteiger partial charge in [0.2, 0.25) is 5.91 Å². The van der Waals surface area contributed by atoms with Gasteiger partial charge in [0.15, 0.2) is 5.17 Å². The minimum atomic E-state index is -0.377. The maximum absolute atomic E-state index is 13.1. The van der Waals surface area contributed by atoms with Crippen LogP contribution in [0.2, 0.25) is 0 Å². The summed E-state index contributed by atoms with van der Waals surface area (Å²) in [5, 5.41) is 5.81. The Balaban J connectivity index is 1.68. The summed E-state index contributed by atoms with van der Waals surface area (Å²) >= 11 is 1.50. The van der Waals surface area contributed by atoms with Crippen LogP contribution in [0.5, 0.6) is 0 Å². The van der Waals surface area contributed by atoms with Gasteiger partial charge in [0.05, 0.1) is 29.8 Å². The SMILES string of the molecule is CC1=C(C(=O)OC(C)C)[C@@H](c2ccccc2C)N2C(CC(=O)NCC3CC3)=CSC2=N1. The van der Waals surface area contributed by atoms with Crippen molar-refractivity contribution >= 4 is 28.8 Å². The molecule has 164 valence electrons. The summed E-state index contributed by atoms with van der Waals surface area (Å²) in [6.07, 6.45) is 2.42. The monoisotopic (exact) mass is 439 g/mol. The predicted octanol–water partition coefficient (Wildman–Crippen LogP) is 4.44. The molecule has 2 aliphatic heterocycles. The molecule has 2 heterocycles. The van der Waals surface area contributed by atoms with E-state index in [1.54, 1.807) is 0 Å². The Kier molecular flexibility index (Phi) is 6.23. The smallest absolute Gasteiger partial charge is 0.338 e. The quantitative estimate of drug-likeness (QED) is 0.636. The van der Waals surface area contributed by atoms with Gasteiger partial charge in [0.1, 0.15) is 0 Å². The number of aliphatic imine (C=N–C) groups is 1. The third-order valence-corrected chi connectivity index (χ3v) is 6.56. The van der Waals surface area contributed by atoms with E-state index in [9.17, 15) is 9.59 Å². The highest BCUT2D eigenvalue weighted by atomic mass is 32.2. The number of amides is 1. The van der Waals surface area contributed by atoms with Crippen LogP contribution in [-0.2, 0) is 14.3 Å². The summed E-state index contributed by atoms with van der Waals surface area (Å²) in [7, 11) is 0. The van der Waals surface area contributed by atoms with Gasteiger partial charge in [0.25, 0.3) is 0 Å². The number of allylic oxidation sites excluding steroid dienone is 1. The molecule has 7 heteroatoms. The number of aryl methyl sites for hydroxylation is 1. The molecule has 0 spiro atoms. The van der Waals surface area contributed by atoms with E-state index in [-0.39, 0.29) is 30.4 Å². The zero-order valence-corrected chi connectivity index (χ0v) is 19.3. The molecule has 31 heavy (non-hydrogen) atoms. The molecule has 0 unspecified atom stereocenters. The second kappa shape index (κ2) is 8.91. The molecule has 0 aromatic heterocycles. The summed E-state index contributed by atoms with van der Waals surface area (Å²) in [6.45, 7) is 8.32. The van der Waals surface area contributed by atoms with Gasteiger partial charge < -0.3 is 15.0 Å². The normalized spacial score (nSPS) is 20.4. The molecule has 3 aliphatic rings. The van der Waals surface area contributed by atoms with E-state index < -0.39 is 0 Å². The Hall–Kier alpha value is -2.54. The lowest BCUT2D eigenvalue weighted by atomic mass is 9.91. The van der Waals surface area contributed by atoms with Crippen molar-refractivity contribution in [3.05, 3.63) is 57.8 Å². The van der Waals surface area contributed by atoms with Gasteiger partial charge >= 0.3 is 5.97 Å². The van der Waals surface area contributed by atoms with E-state index in [1.807, 2.05) is 62.3 Å². The van der Waals surface area contributed by atoms with Crippen molar-refractivity contribution in [2.75, 3.05) is 6.54 Å². The molecule has 1 fully saturated rings. The van der Waals surface area contributed by atoms with Crippen LogP contribution in [0.3, 0.4) is 0 Å². The predicted molar refractivity (Wildman–Crippen MR) is 123 cm³/mol. The zero-order valence-electron chi connectivity index (χ0n) is 18.5. The fraction of sp³-hybridized carbons (Fsp3) is 0.458. The van der Waals surface area contributed by atoms with Crippen molar-refractivity contribution in [3.63, 3.8) is 0 Å². The molecule has 1 aromatic carbocycles. The van der Waals surface area contributed by atoms with Gasteiger partial charge in [-0.2, -0.15) is 0 Å². The van der Waals surface area contributed by atoms with Crippen LogP contribution < -0.4 is 5.32 Å². The fourth-order valence-corrected chi connectivity index (χ4v) is 4.87. The number of nitrogens with zero attached hydrogens (tertiary/aromatic N) is 2. The van der Waals surface area contributed by atoms with E-state index in [0.29, 0.717) is 17.2 Å². The Morgan fingerprint density at radius 1 is 1.26 bits per heavy atom. The third-order valence-electron chi connectivity index (χ3n) is 5.67. The maximum Gasteiger partial charge on any atom is 0.338 e. The first kappa shape index (κ1) is 21.7. The highest BCUT2D eigenvalue weighted by Crippen LogP contribution is 2.45. The van der Waals surface area contributed by atoms with Crippen LogP contribution in [0, 0.1) is 12.8 Å². The molecule has 1 amide bonds. The van der Waals surface area contributed by atoms with Gasteiger partial charge in [-0.1, -0.05) is 36.0 Å². The van der Waals surface area contributed by atoms with Crippen molar-refractivity contribution in [3.8, 4) is 0 Å². The molecular weight excluding hydrogens is 410 g/mol. The number of ether oxygens (including phenoxy) is 1. The topological polar surface area (TPSA) is 71.0 Å². The number of carbonyl (C=O) groups is 2. The van der Waals surface area contributed by atoms with E-state index >= 15 is 0 Å². The molecular formula is C24H29N3O3S. The van der Waals surface area contributed by atoms with E-state index in [2.05, 4.69) is 5.32 Å². The van der Waals surface area contributed by atoms with Crippen molar-refractivity contribution in [1.82, 2.24) is 10.2 Å². The number of rotatable bonds is 7. The first-order valence-electron chi connectivity index (χ1n) is 10.8. The summed E-state index contributed by atoms with van der Waals surface area (Å²) in [6, 6.07) is 7.66. The van der Waals surface area contributed by atoms with Gasteiger partial charge in [-0.15, -0.1) is 0 Å². The largest absolute Gasteiger partial charge is 0.459 e. The molecule has 6 nitrogen and oxygen atoms in total. The summed E-state index contributed by atoms with van der Waals surface area (Å²) in [5.41, 5.74) is 4.12. The van der Waals surface area contributed by atoms with E-state index in [0.717, 1.165) is 28.5 Å². The number of thioether (sulfide) groups is 1. The molecule has 1 aromatic rings. The number of amidine groups is 1. The Morgan fingerprint density at radius 2 is 2.00 bits per heavy atom. The lowest BCUT2D eigenvalue weighted by molar-refractivity contribution is -0.143. The molecule has 0 saturated heterocycles. The highest BCUT2D eigenvalue weighted by Gasteiger charge is 2.41. The number of benzene rings is 1. The van der Waals surface area contributed by atoms with Crippen molar-refractivity contribution in [2.24, 2.45) is 10.9 Å². The molecule has 0 bridgehead atoms. The number of nitrogens with one attached hydrogen (secondary N) is 1. The first-order valence-corrected chi connectivity index (χ1v) is 11.7. The van der Waals surface area contributed by atoms with Crippen LogP contribution >= 0.6 is 11.8 Å². The molecule has 1 aliphatic carbocycles. The molecule has 1 atom stereocenters. The average molecular weight is 440 g/mol. The average Bonchev–Trinajstić information content (AvgIpc) is 3.46. The van der Waals surface area contributed by atoms with Crippen LogP contribution in [0.1, 0.15) is 57.2 Å². The van der Waals surface area contributed by atoms with Gasteiger partial charge in [-0.25, -0.2) is 9.79 Å². The maximum atomic E-state index is 13.1. The summed E-state index contributed by atoms with van der Waals surface area (Å²) in [5.74, 6) is 0.268. The zero-order chi connectivity index (χ0) is 22.1. The lowest BCUT2D eigenvalue weighted by Crippen LogP contribution is -2.38. The number of fused-ring (bicyclic) bond motifs is 1. The van der Waals surface area contributed by atoms with E-state index in [4.69, 9.17) is 9.73 Å². The van der Waals surface area contributed by atoms with E-state index in [1.165, 1.54) is 24.6 Å².